The standard InChI is InChI=1S/C13H21N3O/c1-16-8-6-12(15-16)9-13(17)5-4-11-3-2-7-14-10-11/h6,8,11,14H,2-5,7,9-10H2,1H3. The number of nitrogens with one attached hydrogen (secondary N) is 1. The summed E-state index contributed by atoms with van der Waals surface area (Å²) in [6, 6.07) is 1.92. The number of nitrogens with zero attached hydrogens (tertiary/aromatic N) is 2. The fourth-order valence-electron chi connectivity index (χ4n) is 2.38. The van der Waals surface area contributed by atoms with E-state index >= 15 is 0 Å². The molecule has 2 rings (SSSR count). The minimum Gasteiger partial charge on any atom is -0.316 e. The third kappa shape index (κ3) is 3.97. The lowest BCUT2D eigenvalue weighted by molar-refractivity contribution is -0.118. The molecule has 0 radical (unpaired) electrons. The van der Waals surface area contributed by atoms with E-state index in [1.165, 1.54) is 12.8 Å². The molecule has 1 aliphatic rings. The third-order valence-electron chi connectivity index (χ3n) is 3.38. The minimum atomic E-state index is 0.314. The number of ketones is 1. The maximum absolute atomic E-state index is 11.8. The summed E-state index contributed by atoms with van der Waals surface area (Å²) in [4.78, 5) is 11.8. The highest BCUT2D eigenvalue weighted by molar-refractivity contribution is 5.80. The van der Waals surface area contributed by atoms with Crippen molar-refractivity contribution in [3.05, 3.63) is 18.0 Å². The van der Waals surface area contributed by atoms with E-state index < -0.39 is 0 Å². The minimum absolute atomic E-state index is 0.314. The largest absolute Gasteiger partial charge is 0.316 e. The van der Waals surface area contributed by atoms with Crippen LogP contribution in [0.3, 0.4) is 0 Å². The van der Waals surface area contributed by atoms with E-state index in [0.29, 0.717) is 24.5 Å². The molecule has 0 amide bonds. The molecule has 2 heterocycles. The molecule has 4 heteroatoms. The highest BCUT2D eigenvalue weighted by atomic mass is 16.1. The van der Waals surface area contributed by atoms with Crippen LogP contribution in [0.25, 0.3) is 0 Å². The molecular formula is C13H21N3O. The van der Waals surface area contributed by atoms with Crippen molar-refractivity contribution in [2.24, 2.45) is 13.0 Å². The Labute approximate surface area is 102 Å². The normalized spacial score (nSPS) is 20.4. The number of aromatic nitrogens is 2. The van der Waals surface area contributed by atoms with Crippen molar-refractivity contribution in [1.82, 2.24) is 15.1 Å². The molecule has 1 atom stereocenters. The van der Waals surface area contributed by atoms with Crippen LogP contribution >= 0.6 is 0 Å². The van der Waals surface area contributed by atoms with Gasteiger partial charge in [0.2, 0.25) is 0 Å². The predicted octanol–water partition coefficient (Wildman–Crippen LogP) is 1.31. The molecule has 1 N–H and O–H groups in total. The van der Waals surface area contributed by atoms with Gasteiger partial charge in [0.25, 0.3) is 0 Å². The van der Waals surface area contributed by atoms with Gasteiger partial charge in [-0.1, -0.05) is 0 Å². The average Bonchev–Trinajstić information content (AvgIpc) is 2.73. The van der Waals surface area contributed by atoms with Crippen molar-refractivity contribution < 1.29 is 4.79 Å². The van der Waals surface area contributed by atoms with Crippen molar-refractivity contribution in [3.8, 4) is 0 Å². The Bertz CT molecular complexity index is 366. The van der Waals surface area contributed by atoms with Gasteiger partial charge in [-0.25, -0.2) is 0 Å². The zero-order valence-electron chi connectivity index (χ0n) is 10.5. The molecule has 1 saturated heterocycles. The summed E-state index contributed by atoms with van der Waals surface area (Å²) >= 11 is 0. The Morgan fingerprint density at radius 1 is 1.65 bits per heavy atom. The molecule has 94 valence electrons. The van der Waals surface area contributed by atoms with Crippen molar-refractivity contribution in [2.45, 2.75) is 32.1 Å². The van der Waals surface area contributed by atoms with E-state index in [2.05, 4.69) is 10.4 Å². The van der Waals surface area contributed by atoms with Gasteiger partial charge in [0.15, 0.2) is 0 Å². The Hall–Kier alpha value is -1.16. The molecule has 1 fully saturated rings. The number of hydrogen-bond donors (Lipinski definition) is 1. The predicted molar refractivity (Wildman–Crippen MR) is 66.7 cm³/mol. The SMILES string of the molecule is Cn1ccc(CC(=O)CCC2CCCNC2)n1. The molecule has 1 aromatic rings. The summed E-state index contributed by atoms with van der Waals surface area (Å²) in [5, 5.41) is 7.61. The molecule has 0 aliphatic carbocycles. The zero-order valence-corrected chi connectivity index (χ0v) is 10.5. The highest BCUT2D eigenvalue weighted by Crippen LogP contribution is 2.16. The zero-order chi connectivity index (χ0) is 12.1. The monoisotopic (exact) mass is 235 g/mol. The van der Waals surface area contributed by atoms with Crippen molar-refractivity contribution in [1.29, 1.82) is 0 Å². The summed E-state index contributed by atoms with van der Waals surface area (Å²) in [5.74, 6) is 1.01. The third-order valence-corrected chi connectivity index (χ3v) is 3.38. The van der Waals surface area contributed by atoms with E-state index in [1.54, 1.807) is 4.68 Å². The maximum atomic E-state index is 11.8. The molecule has 17 heavy (non-hydrogen) atoms. The summed E-state index contributed by atoms with van der Waals surface area (Å²) < 4.78 is 1.74. The average molecular weight is 235 g/mol. The van der Waals surface area contributed by atoms with Crippen molar-refractivity contribution in [2.75, 3.05) is 13.1 Å². The first-order valence-electron chi connectivity index (χ1n) is 6.45. The van der Waals surface area contributed by atoms with Crippen LogP contribution in [0.15, 0.2) is 12.3 Å². The van der Waals surface area contributed by atoms with E-state index in [-0.39, 0.29) is 0 Å². The van der Waals surface area contributed by atoms with Gasteiger partial charge in [-0.2, -0.15) is 5.10 Å². The van der Waals surface area contributed by atoms with Crippen LogP contribution in [0, 0.1) is 5.92 Å². The van der Waals surface area contributed by atoms with E-state index in [1.807, 2.05) is 19.3 Å². The molecule has 1 aliphatic heterocycles. The number of carbonyl (C=O) groups excluding carboxylic acids is 1. The first kappa shape index (κ1) is 12.3. The van der Waals surface area contributed by atoms with Crippen LogP contribution in [0.1, 0.15) is 31.4 Å². The van der Waals surface area contributed by atoms with Crippen LogP contribution in [-0.2, 0) is 18.3 Å². The highest BCUT2D eigenvalue weighted by Gasteiger charge is 2.14. The summed E-state index contributed by atoms with van der Waals surface area (Å²) in [6.45, 7) is 2.22. The molecule has 4 nitrogen and oxygen atoms in total. The first-order chi connectivity index (χ1) is 8.24. The molecule has 1 aromatic heterocycles. The second kappa shape index (κ2) is 5.96. The molecule has 0 aromatic carbocycles. The molecular weight excluding hydrogens is 214 g/mol. The number of aryl methyl sites for hydroxylation is 1. The van der Waals surface area contributed by atoms with Gasteiger partial charge in [-0.15, -0.1) is 0 Å². The van der Waals surface area contributed by atoms with Crippen LogP contribution < -0.4 is 5.32 Å². The van der Waals surface area contributed by atoms with Crippen molar-refractivity contribution >= 4 is 5.78 Å². The van der Waals surface area contributed by atoms with Crippen LogP contribution in [0.2, 0.25) is 0 Å². The quantitative estimate of drug-likeness (QED) is 0.837. The Kier molecular flexibility index (Phi) is 4.31. The second-order valence-electron chi connectivity index (χ2n) is 4.95. The molecule has 0 spiro atoms. The van der Waals surface area contributed by atoms with Gasteiger partial charge in [0, 0.05) is 19.7 Å². The van der Waals surface area contributed by atoms with Crippen LogP contribution in [-0.4, -0.2) is 28.7 Å². The number of hydrogen-bond acceptors (Lipinski definition) is 3. The van der Waals surface area contributed by atoms with Gasteiger partial charge < -0.3 is 5.32 Å². The number of carbonyl (C=O) groups is 1. The Balaban J connectivity index is 1.70. The van der Waals surface area contributed by atoms with E-state index in [0.717, 1.165) is 25.2 Å². The van der Waals surface area contributed by atoms with Gasteiger partial charge in [-0.05, 0) is 44.3 Å². The smallest absolute Gasteiger partial charge is 0.138 e. The van der Waals surface area contributed by atoms with Gasteiger partial charge in [0.1, 0.15) is 5.78 Å². The molecule has 1 unspecified atom stereocenters. The number of rotatable bonds is 5. The summed E-state index contributed by atoms with van der Waals surface area (Å²) in [7, 11) is 1.88. The topological polar surface area (TPSA) is 46.9 Å². The molecule has 0 bridgehead atoms. The maximum Gasteiger partial charge on any atom is 0.138 e. The second-order valence-corrected chi connectivity index (χ2v) is 4.95. The van der Waals surface area contributed by atoms with E-state index in [9.17, 15) is 4.79 Å². The lowest BCUT2D eigenvalue weighted by Gasteiger charge is -2.22. The lowest BCUT2D eigenvalue weighted by atomic mass is 9.93. The van der Waals surface area contributed by atoms with Gasteiger partial charge >= 0.3 is 0 Å². The van der Waals surface area contributed by atoms with Gasteiger partial charge in [0.05, 0.1) is 12.1 Å². The lowest BCUT2D eigenvalue weighted by Crippen LogP contribution is -2.30. The first-order valence-corrected chi connectivity index (χ1v) is 6.45. The molecule has 0 saturated carbocycles. The van der Waals surface area contributed by atoms with Gasteiger partial charge in [-0.3, -0.25) is 9.48 Å². The number of piperidine rings is 1. The van der Waals surface area contributed by atoms with E-state index in [4.69, 9.17) is 0 Å². The van der Waals surface area contributed by atoms with Crippen LogP contribution in [0.4, 0.5) is 0 Å². The fourth-order valence-corrected chi connectivity index (χ4v) is 2.38. The number of Topliss-reactive ketones (excluding diaryl/α,β-unsaturated/α-hetero) is 1. The Morgan fingerprint density at radius 2 is 2.53 bits per heavy atom. The Morgan fingerprint density at radius 3 is 3.18 bits per heavy atom. The fraction of sp³-hybridized carbons (Fsp3) is 0.692. The van der Waals surface area contributed by atoms with Crippen LogP contribution in [0.5, 0.6) is 0 Å². The summed E-state index contributed by atoms with van der Waals surface area (Å²) in [6.07, 6.45) is 6.61. The summed E-state index contributed by atoms with van der Waals surface area (Å²) in [5.41, 5.74) is 0.888. The van der Waals surface area contributed by atoms with Crippen molar-refractivity contribution in [3.63, 3.8) is 0 Å².